The first-order valence-electron chi connectivity index (χ1n) is 7.57. The highest BCUT2D eigenvalue weighted by Crippen LogP contribution is 2.39. The Bertz CT molecular complexity index is 866. The van der Waals surface area contributed by atoms with Crippen molar-refractivity contribution >= 4 is 17.3 Å². The molecule has 0 amide bonds. The molecular weight excluding hydrogens is 288 g/mol. The van der Waals surface area contributed by atoms with Crippen molar-refractivity contribution in [2.24, 2.45) is 0 Å². The zero-order valence-corrected chi connectivity index (χ0v) is 13.0. The highest BCUT2D eigenvalue weighted by atomic mass is 16.1. The predicted molar refractivity (Wildman–Crippen MR) is 88.3 cm³/mol. The van der Waals surface area contributed by atoms with Crippen LogP contribution in [0.15, 0.2) is 66.0 Å². The Hall–Kier alpha value is -2.88. The van der Waals surface area contributed by atoms with E-state index in [1.807, 2.05) is 49.1 Å². The molecule has 0 saturated heterocycles. The number of carbonyl (C=O) groups is 2. The first-order valence-corrected chi connectivity index (χ1v) is 7.57. The van der Waals surface area contributed by atoms with Crippen molar-refractivity contribution in [3.63, 3.8) is 0 Å². The van der Waals surface area contributed by atoms with Crippen LogP contribution in [0.2, 0.25) is 0 Å². The van der Waals surface area contributed by atoms with Crippen LogP contribution < -0.4 is 10.2 Å². The molecule has 0 atom stereocenters. The fourth-order valence-corrected chi connectivity index (χ4v) is 3.36. The smallest absolute Gasteiger partial charge is 0.212 e. The van der Waals surface area contributed by atoms with Crippen LogP contribution in [0.4, 0.5) is 5.69 Å². The fraction of sp³-hybridized carbons (Fsp3) is 0.158. The van der Waals surface area contributed by atoms with Gasteiger partial charge in [-0.25, -0.2) is 0 Å². The van der Waals surface area contributed by atoms with Gasteiger partial charge in [0.15, 0.2) is 0 Å². The lowest BCUT2D eigenvalue weighted by molar-refractivity contribution is 0.0973. The lowest BCUT2D eigenvalue weighted by Gasteiger charge is -2.35. The van der Waals surface area contributed by atoms with Gasteiger partial charge in [0, 0.05) is 16.8 Å². The molecule has 2 aromatic rings. The van der Waals surface area contributed by atoms with Gasteiger partial charge in [0.2, 0.25) is 11.6 Å². The molecule has 0 spiro atoms. The molecule has 0 radical (unpaired) electrons. The summed E-state index contributed by atoms with van der Waals surface area (Å²) in [6.45, 7) is 3.92. The summed E-state index contributed by atoms with van der Waals surface area (Å²) >= 11 is 0. The van der Waals surface area contributed by atoms with E-state index in [0.717, 1.165) is 5.69 Å². The lowest BCUT2D eigenvalue weighted by atomic mass is 9.90. The third-order valence-electron chi connectivity index (χ3n) is 4.32. The summed E-state index contributed by atoms with van der Waals surface area (Å²) in [5, 5.41) is 3.24. The number of hydrogen-bond acceptors (Lipinski definition) is 4. The number of benzene rings is 2. The highest BCUT2D eigenvalue weighted by Gasteiger charge is 2.47. The maximum absolute atomic E-state index is 13.0. The largest absolute Gasteiger partial charge is 0.358 e. The SMILES string of the molecule is CC1(C)NC2=C(C(=O)c3ccccc3C2=O)N1c1ccccc1. The lowest BCUT2D eigenvalue weighted by Crippen LogP contribution is -2.48. The number of para-hydroxylation sites is 1. The summed E-state index contributed by atoms with van der Waals surface area (Å²) in [6, 6.07) is 16.7. The Balaban J connectivity index is 1.94. The van der Waals surface area contributed by atoms with Crippen molar-refractivity contribution in [3.05, 3.63) is 77.1 Å². The normalized spacial score (nSPS) is 18.6. The van der Waals surface area contributed by atoms with Crippen LogP contribution in [0.1, 0.15) is 34.6 Å². The molecule has 114 valence electrons. The zero-order chi connectivity index (χ0) is 16.2. The molecular formula is C19H16N2O2. The summed E-state index contributed by atoms with van der Waals surface area (Å²) in [5.41, 5.74) is 2.09. The van der Waals surface area contributed by atoms with E-state index < -0.39 is 5.66 Å². The molecule has 0 saturated carbocycles. The first kappa shape index (κ1) is 13.8. The van der Waals surface area contributed by atoms with E-state index in [1.54, 1.807) is 24.3 Å². The number of anilines is 1. The maximum atomic E-state index is 13.0. The topological polar surface area (TPSA) is 49.4 Å². The molecule has 2 aromatic carbocycles. The standard InChI is InChI=1S/C19H16N2O2/c1-19(2)20-15-16(21(19)12-8-4-3-5-9-12)18(23)14-11-7-6-10-13(14)17(15)22/h3-11,20H,1-2H3. The van der Waals surface area contributed by atoms with Gasteiger partial charge < -0.3 is 10.2 Å². The molecule has 0 fully saturated rings. The number of allylic oxidation sites excluding steroid dienone is 2. The van der Waals surface area contributed by atoms with E-state index in [4.69, 9.17) is 0 Å². The van der Waals surface area contributed by atoms with Gasteiger partial charge in [0.1, 0.15) is 17.1 Å². The Morgan fingerprint density at radius 2 is 1.39 bits per heavy atom. The number of nitrogens with zero attached hydrogens (tertiary/aromatic N) is 1. The van der Waals surface area contributed by atoms with Crippen LogP contribution in [0.25, 0.3) is 0 Å². The average molecular weight is 304 g/mol. The molecule has 0 unspecified atom stereocenters. The average Bonchev–Trinajstić information content (AvgIpc) is 2.85. The van der Waals surface area contributed by atoms with Crippen LogP contribution >= 0.6 is 0 Å². The minimum atomic E-state index is -0.556. The predicted octanol–water partition coefficient (Wildman–Crippen LogP) is 3.12. The Labute approximate surface area is 134 Å². The molecule has 2 aliphatic rings. The van der Waals surface area contributed by atoms with Crippen molar-refractivity contribution in [2.75, 3.05) is 4.90 Å². The van der Waals surface area contributed by atoms with Gasteiger partial charge in [-0.2, -0.15) is 0 Å². The second-order valence-corrected chi connectivity index (χ2v) is 6.28. The zero-order valence-electron chi connectivity index (χ0n) is 13.0. The number of nitrogens with one attached hydrogen (secondary N) is 1. The summed E-state index contributed by atoms with van der Waals surface area (Å²) < 4.78 is 0. The molecule has 1 aliphatic heterocycles. The van der Waals surface area contributed by atoms with E-state index in [0.29, 0.717) is 22.5 Å². The van der Waals surface area contributed by atoms with E-state index in [9.17, 15) is 9.59 Å². The van der Waals surface area contributed by atoms with Crippen LogP contribution in [0, 0.1) is 0 Å². The van der Waals surface area contributed by atoms with Crippen LogP contribution in [0.3, 0.4) is 0 Å². The van der Waals surface area contributed by atoms with Gasteiger partial charge in [-0.1, -0.05) is 42.5 Å². The van der Waals surface area contributed by atoms with E-state index in [1.165, 1.54) is 0 Å². The molecule has 4 heteroatoms. The minimum absolute atomic E-state index is 0.114. The molecule has 4 nitrogen and oxygen atoms in total. The van der Waals surface area contributed by atoms with Crippen molar-refractivity contribution in [1.29, 1.82) is 0 Å². The number of carbonyl (C=O) groups excluding carboxylic acids is 2. The van der Waals surface area contributed by atoms with Crippen LogP contribution in [-0.4, -0.2) is 17.2 Å². The summed E-state index contributed by atoms with van der Waals surface area (Å²) in [4.78, 5) is 27.7. The number of ketones is 2. The number of fused-ring (bicyclic) bond motifs is 1. The minimum Gasteiger partial charge on any atom is -0.358 e. The Morgan fingerprint density at radius 3 is 2.04 bits per heavy atom. The van der Waals surface area contributed by atoms with Gasteiger partial charge in [-0.15, -0.1) is 0 Å². The quantitative estimate of drug-likeness (QED) is 0.879. The van der Waals surface area contributed by atoms with Crippen molar-refractivity contribution in [3.8, 4) is 0 Å². The van der Waals surface area contributed by atoms with Crippen molar-refractivity contribution < 1.29 is 9.59 Å². The Morgan fingerprint density at radius 1 is 0.826 bits per heavy atom. The maximum Gasteiger partial charge on any atom is 0.212 e. The molecule has 1 N–H and O–H groups in total. The second-order valence-electron chi connectivity index (χ2n) is 6.28. The van der Waals surface area contributed by atoms with Gasteiger partial charge >= 0.3 is 0 Å². The van der Waals surface area contributed by atoms with Crippen molar-refractivity contribution in [2.45, 2.75) is 19.5 Å². The monoisotopic (exact) mass is 304 g/mol. The summed E-state index contributed by atoms with van der Waals surface area (Å²) in [6.07, 6.45) is 0. The number of rotatable bonds is 1. The molecule has 0 bridgehead atoms. The van der Waals surface area contributed by atoms with Gasteiger partial charge in [-0.3, -0.25) is 9.59 Å². The molecule has 1 aliphatic carbocycles. The summed E-state index contributed by atoms with van der Waals surface area (Å²) in [7, 11) is 0. The third-order valence-corrected chi connectivity index (χ3v) is 4.32. The third kappa shape index (κ3) is 1.84. The van der Waals surface area contributed by atoms with Crippen molar-refractivity contribution in [1.82, 2.24) is 5.32 Å². The number of hydrogen-bond donors (Lipinski definition) is 1. The highest BCUT2D eigenvalue weighted by molar-refractivity contribution is 6.28. The van der Waals surface area contributed by atoms with E-state index >= 15 is 0 Å². The van der Waals surface area contributed by atoms with Gasteiger partial charge in [-0.05, 0) is 26.0 Å². The van der Waals surface area contributed by atoms with E-state index in [2.05, 4.69) is 5.32 Å². The van der Waals surface area contributed by atoms with Gasteiger partial charge in [0.05, 0.1) is 0 Å². The molecule has 4 rings (SSSR count). The molecule has 23 heavy (non-hydrogen) atoms. The Kier molecular flexibility index (Phi) is 2.73. The number of Topliss-reactive ketones (excluding diaryl/α,β-unsaturated/α-hetero) is 2. The first-order chi connectivity index (χ1) is 11.0. The second kappa shape index (κ2) is 4.56. The van der Waals surface area contributed by atoms with Crippen LogP contribution in [0.5, 0.6) is 0 Å². The summed E-state index contributed by atoms with van der Waals surface area (Å²) in [5.74, 6) is -0.237. The molecule has 0 aromatic heterocycles. The fourth-order valence-electron chi connectivity index (χ4n) is 3.36. The molecule has 1 heterocycles. The van der Waals surface area contributed by atoms with E-state index in [-0.39, 0.29) is 11.6 Å². The van der Waals surface area contributed by atoms with Crippen LogP contribution in [-0.2, 0) is 0 Å². The van der Waals surface area contributed by atoms with Gasteiger partial charge in [0.25, 0.3) is 0 Å².